The third-order valence-electron chi connectivity index (χ3n) is 6.76. The first kappa shape index (κ1) is 30.6. The summed E-state index contributed by atoms with van der Waals surface area (Å²) in [4.78, 5) is 29.5. The predicted octanol–water partition coefficient (Wildman–Crippen LogP) is 2.18. The molecular formula is C29H33N5O7S. The third kappa shape index (κ3) is 7.09. The topological polar surface area (TPSA) is 154 Å². The van der Waals surface area contributed by atoms with Crippen LogP contribution in [0.2, 0.25) is 0 Å². The molecule has 1 aliphatic rings. The smallest absolute Gasteiger partial charge is 0.322 e. The van der Waals surface area contributed by atoms with Crippen molar-refractivity contribution in [3.05, 3.63) is 65.5 Å². The zero-order valence-electron chi connectivity index (χ0n) is 23.7. The summed E-state index contributed by atoms with van der Waals surface area (Å²) in [5.41, 5.74) is 2.98. The molecule has 0 spiro atoms. The highest BCUT2D eigenvalue weighted by Gasteiger charge is 2.33. The first-order valence-electron chi connectivity index (χ1n) is 13.3. The summed E-state index contributed by atoms with van der Waals surface area (Å²) >= 11 is 0. The highest BCUT2D eigenvalue weighted by atomic mass is 32.2. The number of oxazole rings is 1. The number of aromatic nitrogens is 1. The number of benzene rings is 2. The average Bonchev–Trinajstić information content (AvgIpc) is 3.49. The normalized spacial score (nSPS) is 14.6. The van der Waals surface area contributed by atoms with Crippen LogP contribution in [0.25, 0.3) is 11.5 Å². The maximum atomic E-state index is 12.7. The molecule has 1 fully saturated rings. The monoisotopic (exact) mass is 595 g/mol. The van der Waals surface area contributed by atoms with E-state index in [0.29, 0.717) is 30.0 Å². The molecule has 1 aromatic heterocycles. The van der Waals surface area contributed by atoms with Gasteiger partial charge in [-0.25, -0.2) is 4.98 Å². The van der Waals surface area contributed by atoms with Crippen molar-refractivity contribution in [2.75, 3.05) is 45.2 Å². The summed E-state index contributed by atoms with van der Waals surface area (Å²) in [6.45, 7) is 4.70. The number of hydrogen-bond donors (Lipinski definition) is 3. The quantitative estimate of drug-likeness (QED) is 0.316. The summed E-state index contributed by atoms with van der Waals surface area (Å²) in [7, 11) is -0.885. The molecular weight excluding hydrogens is 562 g/mol. The van der Waals surface area contributed by atoms with E-state index in [9.17, 15) is 23.1 Å². The van der Waals surface area contributed by atoms with E-state index in [-0.39, 0.29) is 36.6 Å². The van der Waals surface area contributed by atoms with Gasteiger partial charge in [0.2, 0.25) is 11.7 Å². The number of nitrogens with zero attached hydrogens (tertiary/aromatic N) is 3. The fourth-order valence-corrected chi connectivity index (χ4v) is 5.86. The van der Waals surface area contributed by atoms with Crippen LogP contribution >= 0.6 is 0 Å². The average molecular weight is 596 g/mol. The molecule has 2 heterocycles. The number of piperazine rings is 1. The summed E-state index contributed by atoms with van der Waals surface area (Å²) in [5, 5.41) is 11.8. The van der Waals surface area contributed by atoms with Crippen LogP contribution in [0.4, 0.5) is 5.69 Å². The molecule has 0 unspecified atom stereocenters. The van der Waals surface area contributed by atoms with E-state index in [2.05, 4.69) is 31.8 Å². The fourth-order valence-electron chi connectivity index (χ4n) is 4.37. The number of carbonyl (C=O) groups is 2. The van der Waals surface area contributed by atoms with Gasteiger partial charge in [0.25, 0.3) is 16.1 Å². The highest BCUT2D eigenvalue weighted by Crippen LogP contribution is 2.30. The number of carboxylic acids is 1. The Labute approximate surface area is 244 Å². The van der Waals surface area contributed by atoms with Crippen molar-refractivity contribution in [1.29, 1.82) is 0 Å². The Morgan fingerprint density at radius 1 is 1.05 bits per heavy atom. The largest absolute Gasteiger partial charge is 0.496 e. The standard InChI is InChI=1S/C29H33N5O7S/c1-19(2)26(29(36)37)32-42(38,39)34-15-13-33(14-16-34)22-10-7-20(8-11-22)5-6-21-9-12-24(40-4)23(17-21)28-31-18-25(41-28)27(35)30-3/h7-12,17-19,26,32H,13-16H2,1-4H3,(H,30,35)(H,36,37)/t26-/m1/s1. The van der Waals surface area contributed by atoms with E-state index < -0.39 is 22.2 Å². The summed E-state index contributed by atoms with van der Waals surface area (Å²) in [6.07, 6.45) is 1.35. The fraction of sp³-hybridized carbons (Fsp3) is 0.345. The second-order valence-electron chi connectivity index (χ2n) is 9.89. The minimum absolute atomic E-state index is 0.0868. The third-order valence-corrected chi connectivity index (χ3v) is 8.35. The van der Waals surface area contributed by atoms with Gasteiger partial charge in [-0.3, -0.25) is 9.59 Å². The second-order valence-corrected chi connectivity index (χ2v) is 11.6. The van der Waals surface area contributed by atoms with Crippen LogP contribution in [0.3, 0.4) is 0 Å². The molecule has 0 bridgehead atoms. The molecule has 12 nitrogen and oxygen atoms in total. The first-order chi connectivity index (χ1) is 20.0. The van der Waals surface area contributed by atoms with E-state index in [0.717, 1.165) is 11.3 Å². The summed E-state index contributed by atoms with van der Waals surface area (Å²) in [6, 6.07) is 11.8. The lowest BCUT2D eigenvalue weighted by Gasteiger charge is -2.36. The van der Waals surface area contributed by atoms with Gasteiger partial charge in [0.1, 0.15) is 11.8 Å². The maximum Gasteiger partial charge on any atom is 0.322 e. The molecule has 4 rings (SSSR count). The number of methoxy groups -OCH3 is 1. The Kier molecular flexibility index (Phi) is 9.52. The van der Waals surface area contributed by atoms with Gasteiger partial charge in [0, 0.05) is 50.0 Å². The number of amides is 1. The first-order valence-corrected chi connectivity index (χ1v) is 14.7. The Morgan fingerprint density at radius 2 is 1.69 bits per heavy atom. The van der Waals surface area contributed by atoms with Crippen LogP contribution in [0, 0.1) is 17.8 Å². The van der Waals surface area contributed by atoms with Gasteiger partial charge in [-0.15, -0.1) is 0 Å². The Morgan fingerprint density at radius 3 is 2.29 bits per heavy atom. The van der Waals surface area contributed by atoms with E-state index in [1.807, 2.05) is 30.3 Å². The van der Waals surface area contributed by atoms with E-state index in [1.54, 1.807) is 26.0 Å². The number of nitrogens with one attached hydrogen (secondary N) is 2. The van der Waals surface area contributed by atoms with Crippen molar-refractivity contribution >= 4 is 27.8 Å². The highest BCUT2D eigenvalue weighted by molar-refractivity contribution is 7.87. The Hall–Kier alpha value is -4.38. The van der Waals surface area contributed by atoms with E-state index >= 15 is 0 Å². The number of carboxylic acid groups (broad SMARTS) is 1. The molecule has 0 aliphatic carbocycles. The number of rotatable bonds is 9. The van der Waals surface area contributed by atoms with Crippen molar-refractivity contribution in [3.63, 3.8) is 0 Å². The van der Waals surface area contributed by atoms with Gasteiger partial charge in [-0.05, 0) is 48.4 Å². The molecule has 0 radical (unpaired) electrons. The Bertz CT molecular complexity index is 1600. The Balaban J connectivity index is 1.41. The molecule has 0 saturated carbocycles. The van der Waals surface area contributed by atoms with Gasteiger partial charge in [-0.2, -0.15) is 17.4 Å². The number of anilines is 1. The molecule has 1 aliphatic heterocycles. The van der Waals surface area contributed by atoms with Crippen LogP contribution < -0.4 is 19.7 Å². The van der Waals surface area contributed by atoms with Crippen LogP contribution in [0.15, 0.2) is 53.1 Å². The molecule has 3 aromatic rings. The summed E-state index contributed by atoms with van der Waals surface area (Å²) < 4.78 is 40.1. The van der Waals surface area contributed by atoms with Gasteiger partial charge in [0.05, 0.1) is 18.9 Å². The van der Waals surface area contributed by atoms with Gasteiger partial charge in [-0.1, -0.05) is 25.7 Å². The lowest BCUT2D eigenvalue weighted by atomic mass is 10.1. The zero-order chi connectivity index (χ0) is 30.4. The molecule has 1 amide bonds. The molecule has 13 heteroatoms. The molecule has 1 saturated heterocycles. The minimum Gasteiger partial charge on any atom is -0.496 e. The van der Waals surface area contributed by atoms with Crippen molar-refractivity contribution in [2.24, 2.45) is 5.92 Å². The molecule has 3 N–H and O–H groups in total. The van der Waals surface area contributed by atoms with Crippen molar-refractivity contribution < 1.29 is 32.3 Å². The zero-order valence-corrected chi connectivity index (χ0v) is 24.6. The minimum atomic E-state index is -3.93. The van der Waals surface area contributed by atoms with Crippen molar-refractivity contribution in [1.82, 2.24) is 19.3 Å². The van der Waals surface area contributed by atoms with Crippen molar-refractivity contribution in [2.45, 2.75) is 19.9 Å². The van der Waals surface area contributed by atoms with Gasteiger partial charge >= 0.3 is 5.97 Å². The van der Waals surface area contributed by atoms with Crippen LogP contribution in [0.1, 0.15) is 35.5 Å². The summed E-state index contributed by atoms with van der Waals surface area (Å²) in [5.74, 6) is 5.15. The van der Waals surface area contributed by atoms with Gasteiger partial charge in [0.15, 0.2) is 0 Å². The number of carbonyl (C=O) groups excluding carboxylic acids is 1. The molecule has 222 valence electrons. The SMILES string of the molecule is CNC(=O)c1cnc(-c2cc(C#Cc3ccc(N4CCN(S(=O)(=O)N[C@@H](C(=O)O)C(C)C)CC4)cc3)ccc2OC)o1. The van der Waals surface area contributed by atoms with Crippen molar-refractivity contribution in [3.8, 4) is 29.0 Å². The maximum absolute atomic E-state index is 12.7. The number of hydrogen-bond acceptors (Lipinski definition) is 8. The van der Waals surface area contributed by atoms with Crippen LogP contribution in [-0.2, 0) is 15.0 Å². The van der Waals surface area contributed by atoms with Crippen LogP contribution in [0.5, 0.6) is 5.75 Å². The lowest BCUT2D eigenvalue weighted by molar-refractivity contribution is -0.140. The molecule has 1 atom stereocenters. The van der Waals surface area contributed by atoms with E-state index in [4.69, 9.17) is 9.15 Å². The van der Waals surface area contributed by atoms with Crippen LogP contribution in [-0.4, -0.2) is 81.1 Å². The second kappa shape index (κ2) is 13.1. The lowest BCUT2D eigenvalue weighted by Crippen LogP contribution is -2.55. The van der Waals surface area contributed by atoms with Gasteiger partial charge < -0.3 is 24.5 Å². The molecule has 42 heavy (non-hydrogen) atoms. The van der Waals surface area contributed by atoms with E-state index in [1.165, 1.54) is 24.7 Å². The molecule has 2 aromatic carbocycles. The number of aliphatic carboxylic acids is 1. The predicted molar refractivity (Wildman–Crippen MR) is 156 cm³/mol. The number of ether oxygens (including phenoxy) is 1.